The van der Waals surface area contributed by atoms with E-state index in [0.29, 0.717) is 5.65 Å². The van der Waals surface area contributed by atoms with Gasteiger partial charge < -0.3 is 9.14 Å². The zero-order valence-corrected chi connectivity index (χ0v) is 7.47. The minimum Gasteiger partial charge on any atom is -0.464 e. The van der Waals surface area contributed by atoms with Gasteiger partial charge in [-0.2, -0.15) is 0 Å². The third-order valence-electron chi connectivity index (χ3n) is 1.79. The number of carbonyl (C=O) groups excluding carboxylic acids is 1. The predicted octanol–water partition coefficient (Wildman–Crippen LogP) is -0.690. The summed E-state index contributed by atoms with van der Waals surface area (Å²) in [5.41, 5.74) is 0.894. The highest BCUT2D eigenvalue weighted by molar-refractivity contribution is 6.34. The molecule has 0 N–H and O–H groups in total. The van der Waals surface area contributed by atoms with E-state index in [0.717, 1.165) is 0 Å². The first-order chi connectivity index (χ1) is 6.72. The molecule has 2 rings (SSSR count). The van der Waals surface area contributed by atoms with Gasteiger partial charge in [0.1, 0.15) is 13.5 Å². The van der Waals surface area contributed by atoms with Crippen LogP contribution in [0.2, 0.25) is 0 Å². The van der Waals surface area contributed by atoms with Crippen molar-refractivity contribution in [2.45, 2.75) is 0 Å². The number of esters is 1. The maximum atomic E-state index is 11.2. The van der Waals surface area contributed by atoms with Crippen LogP contribution in [0.4, 0.5) is 0 Å². The summed E-state index contributed by atoms with van der Waals surface area (Å²) in [6, 6.07) is 0. The molecule has 14 heavy (non-hydrogen) atoms. The van der Waals surface area contributed by atoms with Gasteiger partial charge in [0, 0.05) is 24.2 Å². The highest BCUT2D eigenvalue weighted by Gasteiger charge is 2.10. The van der Waals surface area contributed by atoms with E-state index < -0.39 is 5.97 Å². The third kappa shape index (κ3) is 1.24. The van der Waals surface area contributed by atoms with Crippen LogP contribution in [0.15, 0.2) is 18.6 Å². The molecule has 2 radical (unpaired) electrons. The molecule has 2 aromatic heterocycles. The van der Waals surface area contributed by atoms with Crippen molar-refractivity contribution in [3.63, 3.8) is 0 Å². The molecule has 0 amide bonds. The molecule has 0 aliphatic heterocycles. The first-order valence-corrected chi connectivity index (χ1v) is 3.90. The summed E-state index contributed by atoms with van der Waals surface area (Å²) in [6.45, 7) is 0. The number of fused-ring (bicyclic) bond motifs is 1. The van der Waals surface area contributed by atoms with E-state index in [2.05, 4.69) is 14.7 Å². The van der Waals surface area contributed by atoms with E-state index in [-0.39, 0.29) is 11.3 Å². The molecule has 5 nitrogen and oxygen atoms in total. The van der Waals surface area contributed by atoms with Crippen molar-refractivity contribution >= 4 is 25.1 Å². The molecule has 0 saturated carbocycles. The second kappa shape index (κ2) is 3.14. The second-order valence-corrected chi connectivity index (χ2v) is 2.66. The average Bonchev–Trinajstić information content (AvgIpc) is 2.64. The molecule has 2 heterocycles. The number of hydrogen-bond acceptors (Lipinski definition) is 4. The molecular formula is C8H6BN3O2. The van der Waals surface area contributed by atoms with Crippen LogP contribution in [-0.2, 0) is 4.74 Å². The third-order valence-corrected chi connectivity index (χ3v) is 1.79. The smallest absolute Gasteiger partial charge is 0.358 e. The molecule has 0 fully saturated rings. The lowest BCUT2D eigenvalue weighted by Crippen LogP contribution is -2.18. The van der Waals surface area contributed by atoms with E-state index >= 15 is 0 Å². The van der Waals surface area contributed by atoms with Gasteiger partial charge in [0.15, 0.2) is 5.69 Å². The van der Waals surface area contributed by atoms with Gasteiger partial charge in [-0.05, 0) is 0 Å². The van der Waals surface area contributed by atoms with E-state index in [1.54, 1.807) is 16.8 Å². The molecule has 0 aliphatic carbocycles. The molecule has 68 valence electrons. The lowest BCUT2D eigenvalue weighted by atomic mass is 10.1. The van der Waals surface area contributed by atoms with Gasteiger partial charge in [-0.3, -0.25) is 4.98 Å². The fourth-order valence-corrected chi connectivity index (χ4v) is 1.16. The van der Waals surface area contributed by atoms with Crippen LogP contribution in [0.3, 0.4) is 0 Å². The Morgan fingerprint density at radius 2 is 2.43 bits per heavy atom. The van der Waals surface area contributed by atoms with Gasteiger partial charge >= 0.3 is 5.97 Å². The number of methoxy groups -OCH3 is 1. The summed E-state index contributed by atoms with van der Waals surface area (Å²) < 4.78 is 6.15. The maximum absolute atomic E-state index is 11.2. The molecular weight excluding hydrogens is 181 g/mol. The summed E-state index contributed by atoms with van der Waals surface area (Å²) >= 11 is 0. The average molecular weight is 187 g/mol. The first kappa shape index (κ1) is 8.74. The number of imidazole rings is 1. The van der Waals surface area contributed by atoms with Crippen LogP contribution in [0, 0.1) is 0 Å². The van der Waals surface area contributed by atoms with Crippen molar-refractivity contribution in [1.82, 2.24) is 14.4 Å². The van der Waals surface area contributed by atoms with Crippen molar-refractivity contribution in [1.29, 1.82) is 0 Å². The zero-order valence-electron chi connectivity index (χ0n) is 7.47. The Labute approximate surface area is 81.1 Å². The molecule has 0 saturated heterocycles. The number of rotatable bonds is 1. The number of aromatic nitrogens is 3. The highest BCUT2D eigenvalue weighted by atomic mass is 16.5. The topological polar surface area (TPSA) is 56.5 Å². The lowest BCUT2D eigenvalue weighted by molar-refractivity contribution is 0.0593. The second-order valence-electron chi connectivity index (χ2n) is 2.66. The van der Waals surface area contributed by atoms with Crippen LogP contribution >= 0.6 is 0 Å². The van der Waals surface area contributed by atoms with Gasteiger partial charge in [-0.25, -0.2) is 9.78 Å². The SMILES string of the molecule is [B]c1nc(C(=O)OC)cn2ccnc12. The molecule has 0 aromatic carbocycles. The Kier molecular flexibility index (Phi) is 1.96. The van der Waals surface area contributed by atoms with Crippen molar-refractivity contribution in [2.24, 2.45) is 0 Å². The minimum atomic E-state index is -0.521. The van der Waals surface area contributed by atoms with E-state index in [1.165, 1.54) is 13.3 Å². The van der Waals surface area contributed by atoms with Crippen molar-refractivity contribution in [3.8, 4) is 0 Å². The molecule has 6 heteroatoms. The molecule has 0 aliphatic rings. The van der Waals surface area contributed by atoms with E-state index in [4.69, 9.17) is 7.85 Å². The zero-order chi connectivity index (χ0) is 10.1. The minimum absolute atomic E-state index is 0.163. The molecule has 0 bridgehead atoms. The Bertz CT molecular complexity index is 494. The highest BCUT2D eigenvalue weighted by Crippen LogP contribution is 1.99. The number of carbonyl (C=O) groups is 1. The largest absolute Gasteiger partial charge is 0.464 e. The summed E-state index contributed by atoms with van der Waals surface area (Å²) in [6.07, 6.45) is 4.78. The molecule has 0 unspecified atom stereocenters. The maximum Gasteiger partial charge on any atom is 0.358 e. The standard InChI is InChI=1S/C8H6BN3O2/c1-14-8(13)5-4-12-3-2-10-7(12)6(9)11-5/h2-4H,1H3. The van der Waals surface area contributed by atoms with Gasteiger partial charge in [0.2, 0.25) is 0 Å². The molecule has 0 atom stereocenters. The summed E-state index contributed by atoms with van der Waals surface area (Å²) in [5, 5.41) is 0. The van der Waals surface area contributed by atoms with E-state index in [1.807, 2.05) is 0 Å². The normalized spacial score (nSPS) is 10.4. The molecule has 2 aromatic rings. The van der Waals surface area contributed by atoms with Crippen LogP contribution in [-0.4, -0.2) is 35.3 Å². The Hall–Kier alpha value is -1.85. The van der Waals surface area contributed by atoms with Gasteiger partial charge in [-0.15, -0.1) is 0 Å². The number of nitrogens with zero attached hydrogens (tertiary/aromatic N) is 3. The lowest BCUT2D eigenvalue weighted by Gasteiger charge is -2.02. The van der Waals surface area contributed by atoms with Crippen molar-refractivity contribution in [2.75, 3.05) is 7.11 Å². The quantitative estimate of drug-likeness (QED) is 0.438. The van der Waals surface area contributed by atoms with Gasteiger partial charge in [0.05, 0.1) is 7.11 Å². The fourth-order valence-electron chi connectivity index (χ4n) is 1.16. The first-order valence-electron chi connectivity index (χ1n) is 3.90. The van der Waals surface area contributed by atoms with Crippen molar-refractivity contribution < 1.29 is 9.53 Å². The Morgan fingerprint density at radius 1 is 1.64 bits per heavy atom. The van der Waals surface area contributed by atoms with Crippen LogP contribution in [0.1, 0.15) is 10.5 Å². The summed E-state index contributed by atoms with van der Waals surface area (Å²) in [5.74, 6) is -0.521. The van der Waals surface area contributed by atoms with Crippen LogP contribution < -0.4 is 5.59 Å². The van der Waals surface area contributed by atoms with Gasteiger partial charge in [-0.1, -0.05) is 0 Å². The molecule has 0 spiro atoms. The number of hydrogen-bond donors (Lipinski definition) is 0. The monoisotopic (exact) mass is 187 g/mol. The van der Waals surface area contributed by atoms with Gasteiger partial charge in [0.25, 0.3) is 0 Å². The Balaban J connectivity index is 2.64. The summed E-state index contributed by atoms with van der Waals surface area (Å²) in [7, 11) is 6.88. The number of ether oxygens (including phenoxy) is 1. The van der Waals surface area contributed by atoms with E-state index in [9.17, 15) is 4.79 Å². The van der Waals surface area contributed by atoms with Crippen LogP contribution in [0.25, 0.3) is 5.65 Å². The van der Waals surface area contributed by atoms with Crippen LogP contribution in [0.5, 0.6) is 0 Å². The van der Waals surface area contributed by atoms with Crippen molar-refractivity contribution in [3.05, 3.63) is 24.3 Å². The Morgan fingerprint density at radius 3 is 3.14 bits per heavy atom. The predicted molar refractivity (Wildman–Crippen MR) is 49.7 cm³/mol. The fraction of sp³-hybridized carbons (Fsp3) is 0.125. The summed E-state index contributed by atoms with van der Waals surface area (Å²) in [4.78, 5) is 19.0.